The lowest BCUT2D eigenvalue weighted by atomic mass is 10.0. The molecule has 1 N–H and O–H groups in total. The lowest BCUT2D eigenvalue weighted by Crippen LogP contribution is -2.05. The Hall–Kier alpha value is -3.23. The second-order valence-corrected chi connectivity index (χ2v) is 8.31. The first-order valence-electron chi connectivity index (χ1n) is 9.25. The maximum Gasteiger partial charge on any atom is 0.311 e. The van der Waals surface area contributed by atoms with Crippen molar-refractivity contribution >= 4 is 15.8 Å². The van der Waals surface area contributed by atoms with E-state index in [-0.39, 0.29) is 22.9 Å². The van der Waals surface area contributed by atoms with Gasteiger partial charge in [-0.25, -0.2) is 0 Å². The molecule has 156 valence electrons. The third kappa shape index (κ3) is 5.43. The summed E-state index contributed by atoms with van der Waals surface area (Å²) in [5.74, 6) is 0.168. The van der Waals surface area contributed by atoms with Crippen LogP contribution < -0.4 is 4.74 Å². The van der Waals surface area contributed by atoms with Gasteiger partial charge in [0.2, 0.25) is 0 Å². The van der Waals surface area contributed by atoms with Gasteiger partial charge < -0.3 is 4.74 Å². The number of hydrogen-bond donors (Lipinski definition) is 1. The van der Waals surface area contributed by atoms with Crippen LogP contribution in [0.3, 0.4) is 0 Å². The van der Waals surface area contributed by atoms with Gasteiger partial charge in [-0.15, -0.1) is 0 Å². The SMILES string of the molecule is Cc1ccc(S(=O)(=O)O)c(CCc2ccc(OCc3ccccc3)c([N+](=O)[O-])c2)c1. The van der Waals surface area contributed by atoms with Crippen LogP contribution in [0.5, 0.6) is 5.75 Å². The molecule has 30 heavy (non-hydrogen) atoms. The first-order valence-corrected chi connectivity index (χ1v) is 10.7. The highest BCUT2D eigenvalue weighted by atomic mass is 32.2. The van der Waals surface area contributed by atoms with Crippen LogP contribution in [-0.2, 0) is 29.6 Å². The van der Waals surface area contributed by atoms with Gasteiger partial charge >= 0.3 is 5.69 Å². The lowest BCUT2D eigenvalue weighted by molar-refractivity contribution is -0.386. The van der Waals surface area contributed by atoms with Gasteiger partial charge in [0.1, 0.15) is 6.61 Å². The van der Waals surface area contributed by atoms with Crippen molar-refractivity contribution in [3.63, 3.8) is 0 Å². The van der Waals surface area contributed by atoms with Crippen molar-refractivity contribution in [3.8, 4) is 5.75 Å². The van der Waals surface area contributed by atoms with Crippen LogP contribution in [0.15, 0.2) is 71.6 Å². The van der Waals surface area contributed by atoms with E-state index in [4.69, 9.17) is 4.74 Å². The van der Waals surface area contributed by atoms with Crippen LogP contribution in [0.25, 0.3) is 0 Å². The van der Waals surface area contributed by atoms with Crippen molar-refractivity contribution in [1.29, 1.82) is 0 Å². The van der Waals surface area contributed by atoms with Crippen molar-refractivity contribution < 1.29 is 22.6 Å². The number of nitro benzene ring substituents is 1. The molecule has 3 rings (SSSR count). The lowest BCUT2D eigenvalue weighted by Gasteiger charge is -2.10. The number of ether oxygens (including phenoxy) is 1. The zero-order valence-electron chi connectivity index (χ0n) is 16.3. The molecule has 0 saturated carbocycles. The predicted octanol–water partition coefficient (Wildman–Crippen LogP) is 4.51. The second kappa shape index (κ2) is 9.06. The van der Waals surface area contributed by atoms with E-state index in [0.717, 1.165) is 11.1 Å². The average Bonchev–Trinajstić information content (AvgIpc) is 2.70. The van der Waals surface area contributed by atoms with Crippen LogP contribution in [0, 0.1) is 17.0 Å². The van der Waals surface area contributed by atoms with Gasteiger partial charge in [-0.3, -0.25) is 14.7 Å². The Kier molecular flexibility index (Phi) is 6.49. The number of nitro groups is 1. The Bertz CT molecular complexity index is 1160. The summed E-state index contributed by atoms with van der Waals surface area (Å²) in [5.41, 5.74) is 2.73. The highest BCUT2D eigenvalue weighted by molar-refractivity contribution is 7.85. The van der Waals surface area contributed by atoms with Crippen LogP contribution in [0.1, 0.15) is 22.3 Å². The molecule has 0 saturated heterocycles. The largest absolute Gasteiger partial charge is 0.482 e. The van der Waals surface area contributed by atoms with Gasteiger partial charge in [0, 0.05) is 6.07 Å². The zero-order chi connectivity index (χ0) is 21.7. The van der Waals surface area contributed by atoms with E-state index in [1.807, 2.05) is 37.3 Å². The molecule has 0 unspecified atom stereocenters. The average molecular weight is 427 g/mol. The van der Waals surface area contributed by atoms with E-state index >= 15 is 0 Å². The monoisotopic (exact) mass is 427 g/mol. The molecule has 3 aromatic carbocycles. The molecule has 7 nitrogen and oxygen atoms in total. The van der Waals surface area contributed by atoms with Gasteiger partial charge in [0.25, 0.3) is 10.1 Å². The fourth-order valence-corrected chi connectivity index (χ4v) is 3.89. The predicted molar refractivity (Wildman–Crippen MR) is 112 cm³/mol. The molecule has 0 bridgehead atoms. The smallest absolute Gasteiger partial charge is 0.311 e. The molecule has 0 aromatic heterocycles. The Morgan fingerprint density at radius 3 is 2.37 bits per heavy atom. The van der Waals surface area contributed by atoms with Gasteiger partial charge in [0.15, 0.2) is 5.75 Å². The summed E-state index contributed by atoms with van der Waals surface area (Å²) in [4.78, 5) is 10.9. The Balaban J connectivity index is 1.79. The van der Waals surface area contributed by atoms with Gasteiger partial charge in [0.05, 0.1) is 9.82 Å². The minimum Gasteiger partial charge on any atom is -0.482 e. The third-order valence-corrected chi connectivity index (χ3v) is 5.59. The molecule has 0 aliphatic heterocycles. The van der Waals surface area contributed by atoms with Crippen molar-refractivity contribution in [2.24, 2.45) is 0 Å². The molecule has 0 amide bonds. The first-order chi connectivity index (χ1) is 14.2. The van der Waals surface area contributed by atoms with Crippen LogP contribution >= 0.6 is 0 Å². The van der Waals surface area contributed by atoms with Gasteiger partial charge in [-0.1, -0.05) is 54.1 Å². The van der Waals surface area contributed by atoms with Gasteiger partial charge in [-0.05, 0) is 48.6 Å². The first kappa shape index (κ1) is 21.5. The summed E-state index contributed by atoms with van der Waals surface area (Å²) in [5, 5.41) is 11.5. The molecule has 0 radical (unpaired) electrons. The fraction of sp³-hybridized carbons (Fsp3) is 0.182. The topological polar surface area (TPSA) is 107 Å². The van der Waals surface area contributed by atoms with E-state index < -0.39 is 15.0 Å². The summed E-state index contributed by atoms with van der Waals surface area (Å²) in [6.45, 7) is 2.03. The molecular formula is C22H21NO6S. The molecule has 0 aliphatic carbocycles. The maximum atomic E-state index is 11.6. The molecule has 0 heterocycles. The standard InChI is InChI=1S/C22H21NO6S/c1-16-7-12-22(30(26,27)28)19(13-16)10-8-17-9-11-21(20(14-17)23(24)25)29-15-18-5-3-2-4-6-18/h2-7,9,11-14H,8,10,15H2,1H3,(H,26,27,28). The number of hydrogen-bond acceptors (Lipinski definition) is 5. The summed E-state index contributed by atoms with van der Waals surface area (Å²) < 4.78 is 38.3. The zero-order valence-corrected chi connectivity index (χ0v) is 17.1. The molecule has 0 atom stereocenters. The summed E-state index contributed by atoms with van der Waals surface area (Å²) in [7, 11) is -4.34. The summed E-state index contributed by atoms with van der Waals surface area (Å²) in [6.07, 6.45) is 0.671. The number of nitrogens with zero attached hydrogens (tertiary/aromatic N) is 1. The van der Waals surface area contributed by atoms with E-state index in [9.17, 15) is 23.1 Å². The van der Waals surface area contributed by atoms with Crippen LogP contribution in [-0.4, -0.2) is 17.9 Å². The van der Waals surface area contributed by atoms with Crippen molar-refractivity contribution in [1.82, 2.24) is 0 Å². The van der Waals surface area contributed by atoms with Crippen molar-refractivity contribution in [2.45, 2.75) is 31.3 Å². The van der Waals surface area contributed by atoms with Crippen molar-refractivity contribution in [3.05, 3.63) is 99.1 Å². The summed E-state index contributed by atoms with van der Waals surface area (Å²) >= 11 is 0. The summed E-state index contributed by atoms with van der Waals surface area (Å²) in [6, 6.07) is 18.7. The van der Waals surface area contributed by atoms with E-state index in [0.29, 0.717) is 24.0 Å². The maximum absolute atomic E-state index is 11.6. The molecule has 0 aliphatic rings. The number of benzene rings is 3. The minimum atomic E-state index is -4.34. The Labute approximate surface area is 174 Å². The quantitative estimate of drug-likeness (QED) is 0.322. The van der Waals surface area contributed by atoms with Crippen molar-refractivity contribution in [2.75, 3.05) is 0 Å². The molecule has 0 fully saturated rings. The highest BCUT2D eigenvalue weighted by Crippen LogP contribution is 2.29. The highest BCUT2D eigenvalue weighted by Gasteiger charge is 2.18. The van der Waals surface area contributed by atoms with E-state index in [1.54, 1.807) is 24.3 Å². The van der Waals surface area contributed by atoms with Crippen LogP contribution in [0.2, 0.25) is 0 Å². The van der Waals surface area contributed by atoms with E-state index in [1.165, 1.54) is 12.1 Å². The van der Waals surface area contributed by atoms with Crippen LogP contribution in [0.4, 0.5) is 5.69 Å². The Morgan fingerprint density at radius 1 is 0.967 bits per heavy atom. The minimum absolute atomic E-state index is 0.148. The normalized spacial score (nSPS) is 11.3. The fourth-order valence-electron chi connectivity index (χ4n) is 3.15. The molecule has 0 spiro atoms. The third-order valence-electron chi connectivity index (χ3n) is 4.63. The molecule has 3 aromatic rings. The second-order valence-electron chi connectivity index (χ2n) is 6.92. The molecule has 8 heteroatoms. The number of rotatable bonds is 8. The molecular weight excluding hydrogens is 406 g/mol. The number of aryl methyl sites for hydroxylation is 3. The van der Waals surface area contributed by atoms with Gasteiger partial charge in [-0.2, -0.15) is 8.42 Å². The van der Waals surface area contributed by atoms with E-state index in [2.05, 4.69) is 0 Å². The Morgan fingerprint density at radius 2 is 1.70 bits per heavy atom.